The Bertz CT molecular complexity index is 399. The largest absolute Gasteiger partial charge is 0.337 e. The number of hydrogen-bond donors (Lipinski definition) is 1. The summed E-state index contributed by atoms with van der Waals surface area (Å²) in [6, 6.07) is 8.37. The molecule has 1 amide bonds. The van der Waals surface area contributed by atoms with Crippen molar-refractivity contribution in [1.82, 2.24) is 10.2 Å². The summed E-state index contributed by atoms with van der Waals surface area (Å²) < 4.78 is 0. The Balaban J connectivity index is 2.05. The minimum absolute atomic E-state index is 0.0595. The van der Waals surface area contributed by atoms with Crippen LogP contribution in [-0.2, 0) is 11.3 Å². The third-order valence-electron chi connectivity index (χ3n) is 3.48. The van der Waals surface area contributed by atoms with E-state index in [2.05, 4.69) is 36.5 Å². The molecule has 1 aliphatic rings. The van der Waals surface area contributed by atoms with E-state index < -0.39 is 0 Å². The van der Waals surface area contributed by atoms with E-state index >= 15 is 0 Å². The van der Waals surface area contributed by atoms with Gasteiger partial charge in [-0.15, -0.1) is 0 Å². The van der Waals surface area contributed by atoms with Gasteiger partial charge in [-0.3, -0.25) is 4.79 Å². The van der Waals surface area contributed by atoms with Gasteiger partial charge in [0.2, 0.25) is 5.91 Å². The van der Waals surface area contributed by atoms with Crippen molar-refractivity contribution in [2.75, 3.05) is 13.1 Å². The molecule has 1 atom stereocenters. The molecule has 3 heteroatoms. The molecule has 1 aromatic rings. The predicted octanol–water partition coefficient (Wildman–Crippen LogP) is 2.10. The molecule has 0 radical (unpaired) electrons. The number of nitrogens with zero attached hydrogens (tertiary/aromatic N) is 1. The van der Waals surface area contributed by atoms with E-state index in [1.165, 1.54) is 11.1 Å². The first-order valence-electron chi connectivity index (χ1n) is 6.74. The highest BCUT2D eigenvalue weighted by molar-refractivity contribution is 5.81. The minimum atomic E-state index is -0.0595. The molecule has 98 valence electrons. The maximum atomic E-state index is 12.2. The lowest BCUT2D eigenvalue weighted by atomic mass is 10.1. The number of rotatable bonds is 2. The quantitative estimate of drug-likeness (QED) is 0.866. The number of benzene rings is 1. The molecule has 1 aromatic carbocycles. The van der Waals surface area contributed by atoms with Crippen molar-refractivity contribution in [3.05, 3.63) is 35.4 Å². The summed E-state index contributed by atoms with van der Waals surface area (Å²) in [6.07, 6.45) is 2.22. The van der Waals surface area contributed by atoms with Gasteiger partial charge in [-0.05, 0) is 38.8 Å². The zero-order chi connectivity index (χ0) is 13.0. The molecular formula is C15H22N2O. The summed E-state index contributed by atoms with van der Waals surface area (Å²) in [7, 11) is 0. The maximum Gasteiger partial charge on any atom is 0.239 e. The Labute approximate surface area is 109 Å². The molecule has 0 spiro atoms. The first kappa shape index (κ1) is 13.1. The highest BCUT2D eigenvalue weighted by Crippen LogP contribution is 2.11. The van der Waals surface area contributed by atoms with Gasteiger partial charge in [0, 0.05) is 13.1 Å². The highest BCUT2D eigenvalue weighted by atomic mass is 16.2. The minimum Gasteiger partial charge on any atom is -0.337 e. The average molecular weight is 246 g/mol. The molecule has 1 unspecified atom stereocenters. The van der Waals surface area contributed by atoms with Crippen LogP contribution in [0.3, 0.4) is 0 Å². The van der Waals surface area contributed by atoms with Gasteiger partial charge in [-0.1, -0.05) is 29.8 Å². The third-order valence-corrected chi connectivity index (χ3v) is 3.48. The fraction of sp³-hybridized carbons (Fsp3) is 0.533. The Morgan fingerprint density at radius 1 is 1.28 bits per heavy atom. The van der Waals surface area contributed by atoms with E-state index in [1.54, 1.807) is 0 Å². The molecule has 2 rings (SSSR count). The summed E-state index contributed by atoms with van der Waals surface area (Å²) in [5.74, 6) is 0.218. The summed E-state index contributed by atoms with van der Waals surface area (Å²) in [6.45, 7) is 6.59. The van der Waals surface area contributed by atoms with Gasteiger partial charge in [-0.2, -0.15) is 0 Å². The summed E-state index contributed by atoms with van der Waals surface area (Å²) in [5, 5.41) is 3.27. The number of carbonyl (C=O) groups is 1. The molecule has 0 bridgehead atoms. The Kier molecular flexibility index (Phi) is 4.37. The van der Waals surface area contributed by atoms with Crippen LogP contribution in [0.25, 0.3) is 0 Å². The Morgan fingerprint density at radius 2 is 2.00 bits per heavy atom. The Morgan fingerprint density at radius 3 is 2.72 bits per heavy atom. The number of nitrogens with one attached hydrogen (secondary N) is 1. The van der Waals surface area contributed by atoms with Gasteiger partial charge in [0.25, 0.3) is 0 Å². The first-order valence-corrected chi connectivity index (χ1v) is 6.74. The number of aryl methyl sites for hydroxylation is 1. The van der Waals surface area contributed by atoms with Gasteiger partial charge in [0.1, 0.15) is 0 Å². The molecule has 0 aromatic heterocycles. The van der Waals surface area contributed by atoms with Crippen LogP contribution in [0.1, 0.15) is 30.9 Å². The van der Waals surface area contributed by atoms with Crippen LogP contribution in [0, 0.1) is 6.92 Å². The van der Waals surface area contributed by atoms with Crippen molar-refractivity contribution < 1.29 is 4.79 Å². The van der Waals surface area contributed by atoms with Crippen molar-refractivity contribution in [1.29, 1.82) is 0 Å². The second kappa shape index (κ2) is 6.01. The van der Waals surface area contributed by atoms with Gasteiger partial charge in [0.05, 0.1) is 6.04 Å². The van der Waals surface area contributed by atoms with Crippen molar-refractivity contribution in [3.63, 3.8) is 0 Å². The molecular weight excluding hydrogens is 224 g/mol. The van der Waals surface area contributed by atoms with Crippen LogP contribution in [0.15, 0.2) is 24.3 Å². The summed E-state index contributed by atoms with van der Waals surface area (Å²) in [5.41, 5.74) is 2.47. The lowest BCUT2D eigenvalue weighted by Gasteiger charge is -2.29. The predicted molar refractivity (Wildman–Crippen MR) is 73.3 cm³/mol. The lowest BCUT2D eigenvalue weighted by Crippen LogP contribution is -2.47. The second-order valence-corrected chi connectivity index (χ2v) is 5.13. The normalized spacial score (nSPS) is 21.6. The van der Waals surface area contributed by atoms with E-state index in [4.69, 9.17) is 0 Å². The molecule has 1 fully saturated rings. The van der Waals surface area contributed by atoms with Crippen LogP contribution in [0.5, 0.6) is 0 Å². The maximum absolute atomic E-state index is 12.2. The van der Waals surface area contributed by atoms with Crippen LogP contribution in [0.4, 0.5) is 0 Å². The summed E-state index contributed by atoms with van der Waals surface area (Å²) in [4.78, 5) is 14.2. The van der Waals surface area contributed by atoms with Crippen molar-refractivity contribution in [3.8, 4) is 0 Å². The number of hydrogen-bond acceptors (Lipinski definition) is 2. The van der Waals surface area contributed by atoms with E-state index in [9.17, 15) is 4.79 Å². The smallest absolute Gasteiger partial charge is 0.239 e. The summed E-state index contributed by atoms with van der Waals surface area (Å²) >= 11 is 0. The molecule has 3 nitrogen and oxygen atoms in total. The zero-order valence-corrected chi connectivity index (χ0v) is 11.3. The molecule has 0 aliphatic carbocycles. The average Bonchev–Trinajstić information content (AvgIpc) is 2.37. The molecule has 18 heavy (non-hydrogen) atoms. The van der Waals surface area contributed by atoms with Gasteiger partial charge in [0.15, 0.2) is 0 Å². The third kappa shape index (κ3) is 3.33. The lowest BCUT2D eigenvalue weighted by molar-refractivity contribution is -0.134. The van der Waals surface area contributed by atoms with E-state index in [1.807, 2.05) is 11.8 Å². The van der Waals surface area contributed by atoms with Gasteiger partial charge >= 0.3 is 0 Å². The van der Waals surface area contributed by atoms with E-state index in [-0.39, 0.29) is 11.9 Å². The Hall–Kier alpha value is -1.35. The van der Waals surface area contributed by atoms with Crippen LogP contribution >= 0.6 is 0 Å². The van der Waals surface area contributed by atoms with E-state index in [0.29, 0.717) is 0 Å². The highest BCUT2D eigenvalue weighted by Gasteiger charge is 2.21. The fourth-order valence-electron chi connectivity index (χ4n) is 2.29. The SMILES string of the molecule is Cc1ccc(CN2CCCCNC(C)C2=O)cc1. The van der Waals surface area contributed by atoms with Crippen LogP contribution in [-0.4, -0.2) is 29.9 Å². The van der Waals surface area contributed by atoms with Crippen molar-refractivity contribution >= 4 is 5.91 Å². The molecule has 1 saturated heterocycles. The topological polar surface area (TPSA) is 32.3 Å². The standard InChI is InChI=1S/C15H22N2O/c1-12-5-7-14(8-6-12)11-17-10-4-3-9-16-13(2)15(17)18/h5-8,13,16H,3-4,9-11H2,1-2H3. The second-order valence-electron chi connectivity index (χ2n) is 5.13. The molecule has 1 aliphatic heterocycles. The van der Waals surface area contributed by atoms with Gasteiger partial charge in [-0.25, -0.2) is 0 Å². The number of amides is 1. The molecule has 1 N–H and O–H groups in total. The zero-order valence-electron chi connectivity index (χ0n) is 11.3. The van der Waals surface area contributed by atoms with Crippen LogP contribution in [0.2, 0.25) is 0 Å². The first-order chi connectivity index (χ1) is 8.66. The van der Waals surface area contributed by atoms with Gasteiger partial charge < -0.3 is 10.2 Å². The monoisotopic (exact) mass is 246 g/mol. The fourth-order valence-corrected chi connectivity index (χ4v) is 2.29. The molecule has 1 heterocycles. The number of carbonyl (C=O) groups excluding carboxylic acids is 1. The van der Waals surface area contributed by atoms with E-state index in [0.717, 1.165) is 32.5 Å². The van der Waals surface area contributed by atoms with Crippen molar-refractivity contribution in [2.24, 2.45) is 0 Å². The van der Waals surface area contributed by atoms with Crippen LogP contribution < -0.4 is 5.32 Å². The van der Waals surface area contributed by atoms with Crippen molar-refractivity contribution in [2.45, 2.75) is 39.3 Å². The molecule has 0 saturated carbocycles.